The molecule has 1 saturated heterocycles. The molecule has 1 aromatic carbocycles. The van der Waals surface area contributed by atoms with Gasteiger partial charge in [-0.2, -0.15) is 9.50 Å². The molecule has 0 saturated carbocycles. The Morgan fingerprint density at radius 1 is 1.16 bits per heavy atom. The minimum Gasteiger partial charge on any atom is -0.492 e. The molecule has 5 aromatic rings. The number of amides is 1. The first kappa shape index (κ1) is 30.5. The van der Waals surface area contributed by atoms with Crippen LogP contribution in [0.2, 0.25) is 0 Å². The molecule has 0 aliphatic carbocycles. The van der Waals surface area contributed by atoms with E-state index in [2.05, 4.69) is 25.3 Å². The van der Waals surface area contributed by atoms with Gasteiger partial charge in [0.05, 0.1) is 24.5 Å². The fraction of sp³-hybridized carbons (Fsp3) is 0.414. The van der Waals surface area contributed by atoms with Gasteiger partial charge in [0.2, 0.25) is 17.7 Å². The van der Waals surface area contributed by atoms with Crippen LogP contribution in [0.15, 0.2) is 45.8 Å². The van der Waals surface area contributed by atoms with Gasteiger partial charge >= 0.3 is 4.87 Å². The molecule has 16 heteroatoms. The number of carbonyl (C=O) groups excluding carboxylic acids is 1. The van der Waals surface area contributed by atoms with E-state index in [1.165, 1.54) is 16.8 Å². The van der Waals surface area contributed by atoms with Gasteiger partial charge < -0.3 is 30.8 Å². The molecule has 238 valence electrons. The molecule has 45 heavy (non-hydrogen) atoms. The minimum absolute atomic E-state index is 0.0350. The van der Waals surface area contributed by atoms with Crippen molar-refractivity contribution >= 4 is 44.9 Å². The minimum atomic E-state index is -0.578. The number of hydrogen-bond acceptors (Lipinski definition) is 12. The summed E-state index contributed by atoms with van der Waals surface area (Å²) >= 11 is 1.06. The van der Waals surface area contributed by atoms with Crippen LogP contribution < -0.4 is 31.3 Å². The van der Waals surface area contributed by atoms with E-state index in [0.717, 1.165) is 11.3 Å². The van der Waals surface area contributed by atoms with Gasteiger partial charge in [0.25, 0.3) is 0 Å². The number of nitrogen functional groups attached to an aromatic ring is 1. The Labute approximate surface area is 261 Å². The fourth-order valence-electron chi connectivity index (χ4n) is 5.19. The second kappa shape index (κ2) is 12.8. The van der Waals surface area contributed by atoms with Crippen LogP contribution in [0.25, 0.3) is 27.6 Å². The maximum atomic E-state index is 15.0. The highest BCUT2D eigenvalue weighted by atomic mass is 32.1. The lowest BCUT2D eigenvalue weighted by atomic mass is 10.1. The van der Waals surface area contributed by atoms with Gasteiger partial charge in [0.1, 0.15) is 22.9 Å². The quantitative estimate of drug-likeness (QED) is 0.180. The second-order valence-corrected chi connectivity index (χ2v) is 12.1. The molecule has 4 aromatic heterocycles. The predicted molar refractivity (Wildman–Crippen MR) is 169 cm³/mol. The van der Waals surface area contributed by atoms with E-state index in [0.29, 0.717) is 78.3 Å². The van der Waals surface area contributed by atoms with E-state index < -0.39 is 6.04 Å². The first-order valence-electron chi connectivity index (χ1n) is 14.7. The second-order valence-electron chi connectivity index (χ2n) is 11.1. The van der Waals surface area contributed by atoms with E-state index in [9.17, 15) is 9.59 Å². The number of nitrogens with one attached hydrogen (secondary N) is 1. The summed E-state index contributed by atoms with van der Waals surface area (Å²) in [6.07, 6.45) is 1.53. The van der Waals surface area contributed by atoms with E-state index in [-0.39, 0.29) is 41.6 Å². The maximum Gasteiger partial charge on any atom is 0.309 e. The van der Waals surface area contributed by atoms with Crippen molar-refractivity contribution in [2.75, 3.05) is 56.5 Å². The van der Waals surface area contributed by atoms with Gasteiger partial charge in [-0.15, -0.1) is 5.10 Å². The number of hydrogen-bond donors (Lipinski definition) is 3. The zero-order valence-electron chi connectivity index (χ0n) is 25.0. The van der Waals surface area contributed by atoms with Crippen molar-refractivity contribution in [2.24, 2.45) is 11.7 Å². The van der Waals surface area contributed by atoms with Gasteiger partial charge in [-0.1, -0.05) is 25.2 Å². The third kappa shape index (κ3) is 6.34. The van der Waals surface area contributed by atoms with E-state index in [1.807, 2.05) is 18.7 Å². The van der Waals surface area contributed by atoms with E-state index in [1.54, 1.807) is 28.8 Å². The molecule has 0 bridgehead atoms. The lowest BCUT2D eigenvalue weighted by Crippen LogP contribution is -2.47. The number of aromatic nitrogens is 5. The Morgan fingerprint density at radius 3 is 2.67 bits per heavy atom. The van der Waals surface area contributed by atoms with Crippen LogP contribution in [0.3, 0.4) is 0 Å². The number of rotatable bonds is 11. The average molecular weight is 639 g/mol. The largest absolute Gasteiger partial charge is 0.492 e. The number of piperazine rings is 1. The van der Waals surface area contributed by atoms with Gasteiger partial charge in [-0.25, -0.2) is 9.37 Å². The monoisotopic (exact) mass is 638 g/mol. The van der Waals surface area contributed by atoms with Crippen molar-refractivity contribution in [2.45, 2.75) is 26.4 Å². The predicted octanol–water partition coefficient (Wildman–Crippen LogP) is 1.78. The fourth-order valence-corrected chi connectivity index (χ4v) is 6.12. The first-order chi connectivity index (χ1) is 21.7. The van der Waals surface area contributed by atoms with Crippen molar-refractivity contribution < 1.29 is 18.3 Å². The molecule has 6 rings (SSSR count). The van der Waals surface area contributed by atoms with Crippen LogP contribution in [0.1, 0.15) is 13.8 Å². The summed E-state index contributed by atoms with van der Waals surface area (Å²) in [5.74, 6) is 0.791. The highest BCUT2D eigenvalue weighted by Gasteiger charge is 2.23. The molecule has 5 heterocycles. The summed E-state index contributed by atoms with van der Waals surface area (Å²) in [6.45, 7) is 7.92. The molecule has 0 spiro atoms. The van der Waals surface area contributed by atoms with Crippen LogP contribution >= 0.6 is 11.3 Å². The molecule has 1 aliphatic rings. The maximum absolute atomic E-state index is 15.0. The Bertz CT molecular complexity index is 1860. The number of fused-ring (bicyclic) bond motifs is 3. The van der Waals surface area contributed by atoms with Crippen LogP contribution in [0.4, 0.5) is 16.0 Å². The Balaban J connectivity index is 1.03. The highest BCUT2D eigenvalue weighted by molar-refractivity contribution is 7.17. The number of ether oxygens (including phenoxy) is 1. The number of furan rings is 1. The molecule has 1 atom stereocenters. The van der Waals surface area contributed by atoms with Gasteiger partial charge in [-0.3, -0.25) is 19.1 Å². The van der Waals surface area contributed by atoms with Crippen LogP contribution in [0.5, 0.6) is 5.75 Å². The smallest absolute Gasteiger partial charge is 0.309 e. The molecule has 14 nitrogen and oxygen atoms in total. The molecular weight excluding hydrogens is 603 g/mol. The topological polar surface area (TPSA) is 175 Å². The molecule has 1 unspecified atom stereocenters. The summed E-state index contributed by atoms with van der Waals surface area (Å²) in [6, 6.07) is 7.71. The summed E-state index contributed by atoms with van der Waals surface area (Å²) in [7, 11) is 0. The van der Waals surface area contributed by atoms with E-state index >= 15 is 4.39 Å². The lowest BCUT2D eigenvalue weighted by molar-refractivity contribution is -0.123. The van der Waals surface area contributed by atoms with Crippen molar-refractivity contribution in [1.29, 1.82) is 0 Å². The van der Waals surface area contributed by atoms with Gasteiger partial charge in [-0.05, 0) is 30.2 Å². The van der Waals surface area contributed by atoms with Crippen molar-refractivity contribution in [1.82, 2.24) is 34.4 Å². The number of thiazole rings is 1. The average Bonchev–Trinajstić information content (AvgIpc) is 3.78. The number of anilines is 2. The van der Waals surface area contributed by atoms with Gasteiger partial charge in [0, 0.05) is 45.3 Å². The Morgan fingerprint density at radius 2 is 1.96 bits per heavy atom. The van der Waals surface area contributed by atoms with Gasteiger partial charge in [0.15, 0.2) is 17.1 Å². The first-order valence-corrected chi connectivity index (χ1v) is 15.5. The molecule has 1 amide bonds. The number of benzene rings is 1. The SMILES string of the molecule is CC(C)C(N)C(=O)NCCOc1ccc(N2CCN(CCn3c(=O)sc4c3nc(N)n3nc(-c5ccco5)nc43)CC2)c(F)c1. The molecule has 5 N–H and O–H groups in total. The normalized spacial score (nSPS) is 14.9. The zero-order chi connectivity index (χ0) is 31.7. The summed E-state index contributed by atoms with van der Waals surface area (Å²) in [5.41, 5.74) is 13.5. The lowest BCUT2D eigenvalue weighted by Gasteiger charge is -2.36. The van der Waals surface area contributed by atoms with E-state index in [4.69, 9.17) is 20.6 Å². The third-order valence-electron chi connectivity index (χ3n) is 7.82. The van der Waals surface area contributed by atoms with Crippen molar-refractivity contribution in [3.8, 4) is 17.3 Å². The summed E-state index contributed by atoms with van der Waals surface area (Å²) in [5, 5.41) is 7.12. The molecule has 1 fully saturated rings. The van der Waals surface area contributed by atoms with Crippen LogP contribution in [-0.2, 0) is 11.3 Å². The molecule has 0 radical (unpaired) electrons. The third-order valence-corrected chi connectivity index (χ3v) is 8.79. The summed E-state index contributed by atoms with van der Waals surface area (Å²) in [4.78, 5) is 38.1. The van der Waals surface area contributed by atoms with Crippen molar-refractivity contribution in [3.63, 3.8) is 0 Å². The number of carbonyl (C=O) groups is 1. The molecular formula is C29H35FN10O4S. The van der Waals surface area contributed by atoms with Crippen molar-refractivity contribution in [3.05, 3.63) is 52.1 Å². The molecule has 1 aliphatic heterocycles. The number of nitrogens with two attached hydrogens (primary N) is 2. The summed E-state index contributed by atoms with van der Waals surface area (Å²) < 4.78 is 29.7. The standard InChI is InChI=1S/C29H35FN10O4S/c1-17(2)22(31)27(41)33-7-15-43-18-5-6-20(19(30)16-18)38-11-8-37(9-12-38)10-13-39-25-23(45-29(39)42)26-34-24(21-4-3-14-44-21)36-40(26)28(32)35-25/h3-6,14,16-17,22H,7-13,15,31H2,1-2H3,(H2,32,35)(H,33,41). The Kier molecular flexibility index (Phi) is 8.69. The van der Waals surface area contributed by atoms with Crippen LogP contribution in [0, 0.1) is 11.7 Å². The highest BCUT2D eigenvalue weighted by Crippen LogP contribution is 2.27. The zero-order valence-corrected chi connectivity index (χ0v) is 25.8. The number of nitrogens with zero attached hydrogens (tertiary/aromatic N) is 7. The number of halogens is 1. The van der Waals surface area contributed by atoms with Crippen LogP contribution in [-0.4, -0.2) is 86.9 Å². The Hall–Kier alpha value is -4.54.